The van der Waals surface area contributed by atoms with E-state index < -0.39 is 5.97 Å². The van der Waals surface area contributed by atoms with Gasteiger partial charge in [-0.15, -0.1) is 0 Å². The quantitative estimate of drug-likeness (QED) is 0.243. The van der Waals surface area contributed by atoms with Gasteiger partial charge >= 0.3 is 5.97 Å². The molecular weight excluding hydrogens is 432 g/mol. The molecule has 1 saturated heterocycles. The Morgan fingerprint density at radius 2 is 1.82 bits per heavy atom. The number of esters is 1. The Kier molecular flexibility index (Phi) is 7.21. The Morgan fingerprint density at radius 1 is 1.06 bits per heavy atom. The molecule has 0 aromatic heterocycles. The third-order valence-corrected chi connectivity index (χ3v) is 5.59. The van der Waals surface area contributed by atoms with E-state index in [0.29, 0.717) is 37.6 Å². The molecule has 7 nitrogen and oxygen atoms in total. The second kappa shape index (κ2) is 10.6. The summed E-state index contributed by atoms with van der Waals surface area (Å²) in [7, 11) is 1.47. The Hall–Kier alpha value is -4.15. The Labute approximate surface area is 197 Å². The van der Waals surface area contributed by atoms with Crippen molar-refractivity contribution in [2.45, 2.75) is 6.42 Å². The minimum atomic E-state index is -0.418. The molecule has 1 amide bonds. The monoisotopic (exact) mass is 456 g/mol. The molecule has 0 saturated carbocycles. The van der Waals surface area contributed by atoms with Crippen LogP contribution in [0.15, 0.2) is 66.2 Å². The number of fused-ring (bicyclic) bond motifs is 1. The normalized spacial score (nSPS) is 13.9. The molecule has 34 heavy (non-hydrogen) atoms. The van der Waals surface area contributed by atoms with Gasteiger partial charge in [-0.1, -0.05) is 48.5 Å². The number of ether oxygens (including phenoxy) is 3. The molecule has 1 aliphatic rings. The summed E-state index contributed by atoms with van der Waals surface area (Å²) in [5, 5.41) is 11.6. The molecule has 0 aliphatic carbocycles. The van der Waals surface area contributed by atoms with Gasteiger partial charge in [0.15, 0.2) is 11.5 Å². The zero-order chi connectivity index (χ0) is 23.9. The molecule has 0 spiro atoms. The van der Waals surface area contributed by atoms with Crippen LogP contribution in [0.5, 0.6) is 11.5 Å². The summed E-state index contributed by atoms with van der Waals surface area (Å²) in [4.78, 5) is 26.9. The molecule has 1 aliphatic heterocycles. The molecule has 0 atom stereocenters. The van der Waals surface area contributed by atoms with Crippen LogP contribution in [0.2, 0.25) is 0 Å². The lowest BCUT2D eigenvalue weighted by atomic mass is 10.0. The molecule has 1 fully saturated rings. The molecule has 3 aromatic carbocycles. The van der Waals surface area contributed by atoms with E-state index >= 15 is 0 Å². The van der Waals surface area contributed by atoms with Crippen LogP contribution < -0.4 is 9.47 Å². The number of morpholine rings is 1. The number of methoxy groups -OCH3 is 1. The maximum absolute atomic E-state index is 12.7. The summed E-state index contributed by atoms with van der Waals surface area (Å²) in [5.74, 6) is -0.160. The van der Waals surface area contributed by atoms with Gasteiger partial charge in [-0.05, 0) is 40.1 Å². The first-order valence-electron chi connectivity index (χ1n) is 10.9. The van der Waals surface area contributed by atoms with Crippen molar-refractivity contribution in [2.24, 2.45) is 0 Å². The van der Waals surface area contributed by atoms with E-state index in [1.54, 1.807) is 23.1 Å². The highest BCUT2D eigenvalue weighted by Crippen LogP contribution is 2.30. The zero-order valence-electron chi connectivity index (χ0n) is 18.8. The van der Waals surface area contributed by atoms with Gasteiger partial charge in [0.2, 0.25) is 0 Å². The van der Waals surface area contributed by atoms with Crippen LogP contribution in [0.4, 0.5) is 0 Å². The fourth-order valence-electron chi connectivity index (χ4n) is 3.86. The van der Waals surface area contributed by atoms with Crippen LogP contribution >= 0.6 is 0 Å². The Bertz CT molecular complexity index is 1280. The van der Waals surface area contributed by atoms with E-state index in [4.69, 9.17) is 14.2 Å². The average Bonchev–Trinajstić information content (AvgIpc) is 2.88. The highest BCUT2D eigenvalue weighted by molar-refractivity contribution is 6.01. The number of hydrogen-bond donors (Lipinski definition) is 0. The number of amides is 1. The second-order valence-electron chi connectivity index (χ2n) is 7.77. The van der Waals surface area contributed by atoms with E-state index in [1.165, 1.54) is 13.2 Å². The molecular formula is C27H24N2O5. The maximum atomic E-state index is 12.7. The Morgan fingerprint density at radius 3 is 2.59 bits per heavy atom. The maximum Gasteiger partial charge on any atom is 0.315 e. The van der Waals surface area contributed by atoms with E-state index in [2.05, 4.69) is 0 Å². The van der Waals surface area contributed by atoms with Crippen molar-refractivity contribution in [3.8, 4) is 17.6 Å². The van der Waals surface area contributed by atoms with Crippen LogP contribution in [0.25, 0.3) is 16.8 Å². The summed E-state index contributed by atoms with van der Waals surface area (Å²) < 4.78 is 16.2. The van der Waals surface area contributed by atoms with Gasteiger partial charge in [-0.2, -0.15) is 5.26 Å². The van der Waals surface area contributed by atoms with E-state index in [1.807, 2.05) is 48.5 Å². The number of rotatable bonds is 6. The summed E-state index contributed by atoms with van der Waals surface area (Å²) in [6.07, 6.45) is 1.61. The number of carbonyl (C=O) groups excluding carboxylic acids is 2. The van der Waals surface area contributed by atoms with Crippen LogP contribution in [0.3, 0.4) is 0 Å². The van der Waals surface area contributed by atoms with Crippen molar-refractivity contribution in [1.82, 2.24) is 4.90 Å². The molecule has 4 rings (SSSR count). The summed E-state index contributed by atoms with van der Waals surface area (Å²) in [5.41, 5.74) is 1.48. The van der Waals surface area contributed by atoms with E-state index in [9.17, 15) is 14.9 Å². The zero-order valence-corrected chi connectivity index (χ0v) is 18.8. The number of nitriles is 1. The van der Waals surface area contributed by atoms with Crippen molar-refractivity contribution in [2.75, 3.05) is 33.4 Å². The second-order valence-corrected chi connectivity index (χ2v) is 7.77. The fourth-order valence-corrected chi connectivity index (χ4v) is 3.86. The minimum Gasteiger partial charge on any atom is -0.493 e. The number of nitrogens with zero attached hydrogens (tertiary/aromatic N) is 2. The van der Waals surface area contributed by atoms with E-state index in [0.717, 1.165) is 16.3 Å². The van der Waals surface area contributed by atoms with Crippen molar-refractivity contribution in [1.29, 1.82) is 5.26 Å². The topological polar surface area (TPSA) is 88.9 Å². The lowest BCUT2D eigenvalue weighted by Gasteiger charge is -2.26. The lowest BCUT2D eigenvalue weighted by molar-refractivity contribution is -0.133. The SMILES string of the molecule is COc1cc(/C=C(\C#N)C(=O)N2CCOCC2)ccc1OC(=O)Cc1cccc2ccccc12. The molecule has 1 heterocycles. The van der Waals surface area contributed by atoms with Gasteiger partial charge < -0.3 is 19.1 Å². The third-order valence-electron chi connectivity index (χ3n) is 5.59. The highest BCUT2D eigenvalue weighted by Gasteiger charge is 2.21. The summed E-state index contributed by atoms with van der Waals surface area (Å²) in [6.45, 7) is 1.81. The molecule has 172 valence electrons. The first-order chi connectivity index (χ1) is 16.6. The lowest BCUT2D eigenvalue weighted by Crippen LogP contribution is -2.41. The first-order valence-corrected chi connectivity index (χ1v) is 10.9. The molecule has 7 heteroatoms. The van der Waals surface area contributed by atoms with Gasteiger partial charge in [0.05, 0.1) is 26.7 Å². The number of benzene rings is 3. The van der Waals surface area contributed by atoms with Crippen LogP contribution in [-0.2, 0) is 20.7 Å². The highest BCUT2D eigenvalue weighted by atomic mass is 16.6. The predicted octanol–water partition coefficient (Wildman–Crippen LogP) is 3.76. The van der Waals surface area contributed by atoms with Crippen molar-refractivity contribution in [3.63, 3.8) is 0 Å². The smallest absolute Gasteiger partial charge is 0.315 e. The molecule has 0 N–H and O–H groups in total. The predicted molar refractivity (Wildman–Crippen MR) is 127 cm³/mol. The van der Waals surface area contributed by atoms with Crippen molar-refractivity contribution >= 4 is 28.7 Å². The third kappa shape index (κ3) is 5.25. The molecule has 3 aromatic rings. The van der Waals surface area contributed by atoms with Gasteiger partial charge in [0.25, 0.3) is 5.91 Å². The molecule has 0 radical (unpaired) electrons. The van der Waals surface area contributed by atoms with Gasteiger partial charge in [0, 0.05) is 13.1 Å². The van der Waals surface area contributed by atoms with Crippen LogP contribution in [0.1, 0.15) is 11.1 Å². The summed E-state index contributed by atoms with van der Waals surface area (Å²) >= 11 is 0. The largest absolute Gasteiger partial charge is 0.493 e. The van der Waals surface area contributed by atoms with Crippen molar-refractivity contribution in [3.05, 3.63) is 77.4 Å². The number of carbonyl (C=O) groups is 2. The van der Waals surface area contributed by atoms with Crippen molar-refractivity contribution < 1.29 is 23.8 Å². The Balaban J connectivity index is 1.50. The van der Waals surface area contributed by atoms with Gasteiger partial charge in [-0.3, -0.25) is 9.59 Å². The van der Waals surface area contributed by atoms with E-state index in [-0.39, 0.29) is 23.7 Å². The van der Waals surface area contributed by atoms with Gasteiger partial charge in [0.1, 0.15) is 11.6 Å². The van der Waals surface area contributed by atoms with Crippen LogP contribution in [0, 0.1) is 11.3 Å². The summed E-state index contributed by atoms with van der Waals surface area (Å²) in [6, 6.07) is 20.6. The number of hydrogen-bond acceptors (Lipinski definition) is 6. The average molecular weight is 456 g/mol. The molecule has 0 unspecified atom stereocenters. The molecule has 0 bridgehead atoms. The van der Waals surface area contributed by atoms with Crippen LogP contribution in [-0.4, -0.2) is 50.2 Å². The van der Waals surface area contributed by atoms with Gasteiger partial charge in [-0.25, -0.2) is 0 Å². The first kappa shape index (κ1) is 23.0. The minimum absolute atomic E-state index is 0.0182. The standard InChI is InChI=1S/C27H24N2O5/c1-32-25-16-19(15-22(18-28)27(31)29-11-13-33-14-12-29)9-10-24(25)34-26(30)17-21-7-4-6-20-5-2-3-8-23(20)21/h2-10,15-16H,11-14,17H2,1H3/b22-15+. The fraction of sp³-hybridized carbons (Fsp3) is 0.222.